The van der Waals surface area contributed by atoms with Crippen molar-refractivity contribution in [3.8, 4) is 0 Å². The van der Waals surface area contributed by atoms with Gasteiger partial charge in [-0.25, -0.2) is 0 Å². The van der Waals surface area contributed by atoms with Crippen molar-refractivity contribution < 1.29 is 0 Å². The summed E-state index contributed by atoms with van der Waals surface area (Å²) in [5.74, 6) is 0. The predicted octanol–water partition coefficient (Wildman–Crippen LogP) is 4.28. The minimum absolute atomic E-state index is 0.181. The molecule has 0 saturated carbocycles. The highest BCUT2D eigenvalue weighted by Crippen LogP contribution is 2.37. The second-order valence-corrected chi connectivity index (χ2v) is 5.92. The average molecular weight is 186 g/mol. The third-order valence-corrected chi connectivity index (χ3v) is 3.20. The van der Waals surface area contributed by atoms with E-state index < -0.39 is 0 Å². The van der Waals surface area contributed by atoms with E-state index in [4.69, 9.17) is 0 Å². The molecule has 0 unspecified atom stereocenters. The minimum Gasteiger partial charge on any atom is -0.147 e. The highest BCUT2D eigenvalue weighted by molar-refractivity contribution is 7.84. The highest BCUT2D eigenvalue weighted by atomic mass is 32.1. The molecule has 0 rings (SSSR count). The molecule has 0 aromatic rings. The number of allylic oxidation sites excluding steroid dienone is 2. The van der Waals surface area contributed by atoms with E-state index in [2.05, 4.69) is 61.1 Å². The van der Waals surface area contributed by atoms with Crippen LogP contribution in [0.15, 0.2) is 10.5 Å². The molecular weight excluding hydrogens is 164 g/mol. The minimum atomic E-state index is 0.181. The fraction of sp³-hybridized carbons (Fsp3) is 0.818. The van der Waals surface area contributed by atoms with Gasteiger partial charge >= 0.3 is 0 Å². The molecule has 0 aliphatic carbocycles. The van der Waals surface area contributed by atoms with E-state index in [1.165, 1.54) is 10.5 Å². The molecule has 0 aromatic heterocycles. The topological polar surface area (TPSA) is 0 Å². The van der Waals surface area contributed by atoms with Gasteiger partial charge in [-0.05, 0) is 22.7 Å². The predicted molar refractivity (Wildman–Crippen MR) is 60.6 cm³/mol. The van der Waals surface area contributed by atoms with Gasteiger partial charge in [0.2, 0.25) is 0 Å². The first-order chi connectivity index (χ1) is 5.07. The van der Waals surface area contributed by atoms with Gasteiger partial charge in [0, 0.05) is 0 Å². The molecule has 0 aromatic carbocycles. The molecule has 0 aliphatic heterocycles. The molecule has 0 aliphatic rings. The second-order valence-electron chi connectivity index (χ2n) is 5.47. The van der Waals surface area contributed by atoms with Crippen LogP contribution in [0, 0.1) is 10.8 Å². The van der Waals surface area contributed by atoms with Crippen molar-refractivity contribution >= 4 is 12.6 Å². The number of hydrogen-bond donors (Lipinski definition) is 1. The summed E-state index contributed by atoms with van der Waals surface area (Å²) in [7, 11) is 0. The van der Waals surface area contributed by atoms with Crippen molar-refractivity contribution in [2.75, 3.05) is 0 Å². The first-order valence-electron chi connectivity index (χ1n) is 4.47. The first-order valence-corrected chi connectivity index (χ1v) is 4.92. The maximum absolute atomic E-state index is 4.58. The van der Waals surface area contributed by atoms with Crippen LogP contribution in [0.3, 0.4) is 0 Å². The van der Waals surface area contributed by atoms with E-state index in [0.717, 1.165) is 0 Å². The summed E-state index contributed by atoms with van der Waals surface area (Å²) in [6, 6.07) is 0. The van der Waals surface area contributed by atoms with Crippen LogP contribution in [0.4, 0.5) is 0 Å². The standard InChI is InChI=1S/C11H22S/c1-8(10(2,3)4)9(12)11(5,6)7/h12H,1-7H3/b9-8+. The van der Waals surface area contributed by atoms with Crippen molar-refractivity contribution in [2.45, 2.75) is 48.5 Å². The molecule has 0 saturated heterocycles. The van der Waals surface area contributed by atoms with Crippen LogP contribution < -0.4 is 0 Å². The normalized spacial score (nSPS) is 16.0. The molecule has 0 fully saturated rings. The quantitative estimate of drug-likeness (QED) is 0.536. The van der Waals surface area contributed by atoms with E-state index in [1.54, 1.807) is 0 Å². The maximum atomic E-state index is 4.58. The van der Waals surface area contributed by atoms with E-state index in [9.17, 15) is 0 Å². The lowest BCUT2D eigenvalue weighted by atomic mass is 9.82. The van der Waals surface area contributed by atoms with E-state index in [1.807, 2.05) is 0 Å². The van der Waals surface area contributed by atoms with Gasteiger partial charge < -0.3 is 0 Å². The summed E-state index contributed by atoms with van der Waals surface area (Å²) >= 11 is 4.58. The van der Waals surface area contributed by atoms with E-state index in [-0.39, 0.29) is 10.8 Å². The van der Waals surface area contributed by atoms with Crippen LogP contribution in [0.25, 0.3) is 0 Å². The largest absolute Gasteiger partial charge is 0.147 e. The third-order valence-electron chi connectivity index (χ3n) is 2.19. The van der Waals surface area contributed by atoms with Crippen LogP contribution in [0.1, 0.15) is 48.5 Å². The lowest BCUT2D eigenvalue weighted by molar-refractivity contribution is 0.465. The lowest BCUT2D eigenvalue weighted by Gasteiger charge is -2.28. The van der Waals surface area contributed by atoms with Gasteiger partial charge in [0.05, 0.1) is 0 Å². The van der Waals surface area contributed by atoms with Crippen molar-refractivity contribution in [3.05, 3.63) is 10.5 Å². The zero-order chi connectivity index (χ0) is 10.2. The van der Waals surface area contributed by atoms with Crippen molar-refractivity contribution in [2.24, 2.45) is 10.8 Å². The Bertz CT molecular complexity index is 164. The Kier molecular flexibility index (Phi) is 3.48. The lowest BCUT2D eigenvalue weighted by Crippen LogP contribution is -2.14. The molecule has 72 valence electrons. The zero-order valence-electron chi connectivity index (χ0n) is 9.45. The number of hydrogen-bond acceptors (Lipinski definition) is 1. The number of rotatable bonds is 0. The van der Waals surface area contributed by atoms with Crippen molar-refractivity contribution in [1.29, 1.82) is 0 Å². The van der Waals surface area contributed by atoms with Gasteiger partial charge in [-0.1, -0.05) is 47.1 Å². The van der Waals surface area contributed by atoms with Gasteiger partial charge in [-0.3, -0.25) is 0 Å². The fourth-order valence-corrected chi connectivity index (χ4v) is 1.25. The van der Waals surface area contributed by atoms with Gasteiger partial charge in [0.1, 0.15) is 0 Å². The third kappa shape index (κ3) is 3.22. The Morgan fingerprint density at radius 1 is 0.833 bits per heavy atom. The second kappa shape index (κ2) is 3.45. The fourth-order valence-electron chi connectivity index (χ4n) is 0.918. The summed E-state index contributed by atoms with van der Waals surface area (Å²) < 4.78 is 0. The molecule has 1 heteroatoms. The Labute approximate surface area is 82.9 Å². The summed E-state index contributed by atoms with van der Waals surface area (Å²) in [5.41, 5.74) is 1.81. The van der Waals surface area contributed by atoms with Crippen LogP contribution in [-0.4, -0.2) is 0 Å². The molecule has 0 amide bonds. The average Bonchev–Trinajstić information content (AvgIpc) is 1.80. The van der Waals surface area contributed by atoms with Gasteiger partial charge in [-0.2, -0.15) is 0 Å². The highest BCUT2D eigenvalue weighted by Gasteiger charge is 2.22. The molecule has 0 bridgehead atoms. The number of thiol groups is 1. The van der Waals surface area contributed by atoms with Crippen LogP contribution in [0.2, 0.25) is 0 Å². The molecule has 0 nitrogen and oxygen atoms in total. The summed E-state index contributed by atoms with van der Waals surface area (Å²) in [6.45, 7) is 15.5. The Hall–Kier alpha value is 0.0900. The smallest absolute Gasteiger partial charge is 0.00749 e. The van der Waals surface area contributed by atoms with Crippen LogP contribution >= 0.6 is 12.6 Å². The monoisotopic (exact) mass is 186 g/mol. The Morgan fingerprint density at radius 3 is 1.25 bits per heavy atom. The summed E-state index contributed by atoms with van der Waals surface area (Å²) in [6.07, 6.45) is 0. The Morgan fingerprint density at radius 2 is 1.17 bits per heavy atom. The first kappa shape index (κ1) is 12.1. The Balaban J connectivity index is 4.96. The molecule has 0 heterocycles. The van der Waals surface area contributed by atoms with Gasteiger partial charge in [0.15, 0.2) is 0 Å². The molecule has 0 radical (unpaired) electrons. The SMILES string of the molecule is C/C(=C(\S)C(C)(C)C)C(C)(C)C. The maximum Gasteiger partial charge on any atom is -0.00749 e. The van der Waals surface area contributed by atoms with Crippen molar-refractivity contribution in [1.82, 2.24) is 0 Å². The molecular formula is C11H22S. The van der Waals surface area contributed by atoms with Crippen LogP contribution in [-0.2, 0) is 0 Å². The molecule has 0 spiro atoms. The summed E-state index contributed by atoms with van der Waals surface area (Å²) in [5, 5.41) is 0. The van der Waals surface area contributed by atoms with Crippen LogP contribution in [0.5, 0.6) is 0 Å². The zero-order valence-corrected chi connectivity index (χ0v) is 10.3. The van der Waals surface area contributed by atoms with Gasteiger partial charge in [0.25, 0.3) is 0 Å². The molecule has 12 heavy (non-hydrogen) atoms. The molecule has 0 atom stereocenters. The van der Waals surface area contributed by atoms with Gasteiger partial charge in [-0.15, -0.1) is 12.6 Å². The van der Waals surface area contributed by atoms with Crippen molar-refractivity contribution in [3.63, 3.8) is 0 Å². The molecule has 0 N–H and O–H groups in total. The summed E-state index contributed by atoms with van der Waals surface area (Å²) in [4.78, 5) is 1.22. The van der Waals surface area contributed by atoms with E-state index >= 15 is 0 Å². The van der Waals surface area contributed by atoms with E-state index in [0.29, 0.717) is 0 Å².